The van der Waals surface area contributed by atoms with Crippen LogP contribution in [0.3, 0.4) is 0 Å². The van der Waals surface area contributed by atoms with Crippen LogP contribution in [-0.2, 0) is 4.79 Å². The molecule has 144 valence electrons. The van der Waals surface area contributed by atoms with Crippen LogP contribution >= 0.6 is 0 Å². The number of nitrogens with zero attached hydrogens (tertiary/aromatic N) is 4. The fraction of sp³-hybridized carbons (Fsp3) is 0.286. The van der Waals surface area contributed by atoms with Crippen molar-refractivity contribution in [3.63, 3.8) is 0 Å². The summed E-state index contributed by atoms with van der Waals surface area (Å²) in [5, 5.41) is 0. The molecule has 28 heavy (non-hydrogen) atoms. The molecule has 0 aliphatic carbocycles. The highest BCUT2D eigenvalue weighted by atomic mass is 19.1. The number of amides is 2. The van der Waals surface area contributed by atoms with E-state index in [1.807, 2.05) is 35.8 Å². The average molecular weight is 380 g/mol. The van der Waals surface area contributed by atoms with E-state index in [1.165, 1.54) is 24.3 Å². The van der Waals surface area contributed by atoms with Gasteiger partial charge in [0.2, 0.25) is 5.91 Å². The van der Waals surface area contributed by atoms with Crippen LogP contribution in [0.4, 0.5) is 4.39 Å². The number of benzene rings is 2. The summed E-state index contributed by atoms with van der Waals surface area (Å²) in [6.45, 7) is 3.73. The minimum atomic E-state index is -0.369. The minimum absolute atomic E-state index is 0.0111. The van der Waals surface area contributed by atoms with Crippen molar-refractivity contribution in [2.24, 2.45) is 0 Å². The molecule has 1 aliphatic rings. The first-order valence-electron chi connectivity index (χ1n) is 9.30. The van der Waals surface area contributed by atoms with Crippen LogP contribution in [0.15, 0.2) is 54.9 Å². The Morgan fingerprint density at radius 1 is 0.964 bits per heavy atom. The molecule has 0 saturated carbocycles. The number of carbonyl (C=O) groups is 2. The lowest BCUT2D eigenvalue weighted by Crippen LogP contribution is -2.51. The number of carbonyl (C=O) groups excluding carboxylic acids is 2. The van der Waals surface area contributed by atoms with Crippen molar-refractivity contribution in [1.29, 1.82) is 0 Å². The summed E-state index contributed by atoms with van der Waals surface area (Å²) in [6, 6.07) is 12.9. The lowest BCUT2D eigenvalue weighted by molar-refractivity contribution is -0.135. The number of hydrogen-bond donors (Lipinski definition) is 0. The maximum Gasteiger partial charge on any atom is 0.253 e. The number of hydrogen-bond acceptors (Lipinski definition) is 3. The summed E-state index contributed by atoms with van der Waals surface area (Å²) >= 11 is 0. The van der Waals surface area contributed by atoms with Crippen LogP contribution < -0.4 is 0 Å². The Kier molecular flexibility index (Phi) is 4.81. The van der Waals surface area contributed by atoms with Gasteiger partial charge in [0, 0.05) is 31.7 Å². The summed E-state index contributed by atoms with van der Waals surface area (Å²) in [6.07, 6.45) is 1.70. The molecule has 7 heteroatoms. The molecule has 2 aromatic carbocycles. The zero-order valence-electron chi connectivity index (χ0n) is 15.6. The van der Waals surface area contributed by atoms with Crippen molar-refractivity contribution in [1.82, 2.24) is 19.4 Å². The molecular formula is C21H21FN4O2. The third kappa shape index (κ3) is 3.35. The first kappa shape index (κ1) is 18.2. The van der Waals surface area contributed by atoms with Crippen LogP contribution in [0.2, 0.25) is 0 Å². The van der Waals surface area contributed by atoms with Gasteiger partial charge in [-0.1, -0.05) is 12.1 Å². The largest absolute Gasteiger partial charge is 0.337 e. The predicted molar refractivity (Wildman–Crippen MR) is 103 cm³/mol. The van der Waals surface area contributed by atoms with Crippen molar-refractivity contribution in [3.05, 3.63) is 66.2 Å². The quantitative estimate of drug-likeness (QED) is 0.702. The first-order chi connectivity index (χ1) is 13.5. The lowest BCUT2D eigenvalue weighted by atomic mass is 10.1. The lowest BCUT2D eigenvalue weighted by Gasteiger charge is -2.36. The van der Waals surface area contributed by atoms with Gasteiger partial charge in [-0.15, -0.1) is 0 Å². The minimum Gasteiger partial charge on any atom is -0.337 e. The molecule has 0 bridgehead atoms. The van der Waals surface area contributed by atoms with Crippen LogP contribution in [0.1, 0.15) is 23.3 Å². The molecule has 1 atom stereocenters. The number of rotatable bonds is 3. The number of aromatic nitrogens is 2. The molecule has 2 amide bonds. The van der Waals surface area contributed by atoms with E-state index in [0.29, 0.717) is 31.7 Å². The maximum absolute atomic E-state index is 13.0. The van der Waals surface area contributed by atoms with Crippen molar-refractivity contribution in [2.75, 3.05) is 26.2 Å². The third-order valence-electron chi connectivity index (χ3n) is 5.23. The van der Waals surface area contributed by atoms with Gasteiger partial charge in [-0.25, -0.2) is 9.37 Å². The zero-order valence-corrected chi connectivity index (χ0v) is 15.6. The molecule has 0 radical (unpaired) electrons. The topological polar surface area (TPSA) is 58.4 Å². The first-order valence-corrected chi connectivity index (χ1v) is 9.30. The molecule has 4 rings (SSSR count). The molecule has 1 aromatic heterocycles. The molecule has 0 N–H and O–H groups in total. The van der Waals surface area contributed by atoms with Gasteiger partial charge in [-0.2, -0.15) is 0 Å². The highest BCUT2D eigenvalue weighted by Gasteiger charge is 2.28. The Morgan fingerprint density at radius 2 is 1.61 bits per heavy atom. The maximum atomic E-state index is 13.0. The van der Waals surface area contributed by atoms with Crippen molar-refractivity contribution in [2.45, 2.75) is 13.0 Å². The van der Waals surface area contributed by atoms with E-state index < -0.39 is 0 Å². The standard InChI is InChI=1S/C21H21FN4O2/c1-15(26-14-23-18-4-2-3-5-19(18)26)20(27)24-10-12-25(13-11-24)21(28)16-6-8-17(22)9-7-16/h2-9,14-15H,10-13H2,1H3. The van der Waals surface area contributed by atoms with Crippen molar-refractivity contribution in [3.8, 4) is 0 Å². The Hall–Kier alpha value is -3.22. The Balaban J connectivity index is 1.41. The van der Waals surface area contributed by atoms with Gasteiger partial charge in [0.05, 0.1) is 17.4 Å². The Morgan fingerprint density at radius 3 is 2.32 bits per heavy atom. The third-order valence-corrected chi connectivity index (χ3v) is 5.23. The van der Waals surface area contributed by atoms with Gasteiger partial charge in [0.1, 0.15) is 11.9 Å². The summed E-state index contributed by atoms with van der Waals surface area (Å²) in [4.78, 5) is 33.3. The molecule has 1 fully saturated rings. The number of halogens is 1. The van der Waals surface area contributed by atoms with E-state index in [-0.39, 0.29) is 23.7 Å². The fourth-order valence-corrected chi connectivity index (χ4v) is 3.58. The molecule has 1 aliphatic heterocycles. The van der Waals surface area contributed by atoms with Crippen molar-refractivity contribution >= 4 is 22.8 Å². The van der Waals surface area contributed by atoms with Gasteiger partial charge in [-0.05, 0) is 43.3 Å². The van der Waals surface area contributed by atoms with E-state index in [2.05, 4.69) is 4.98 Å². The van der Waals surface area contributed by atoms with Crippen LogP contribution in [0, 0.1) is 5.82 Å². The van der Waals surface area contributed by atoms with Gasteiger partial charge < -0.3 is 14.4 Å². The summed E-state index contributed by atoms with van der Waals surface area (Å²) in [5.74, 6) is -0.495. The smallest absolute Gasteiger partial charge is 0.253 e. The molecule has 6 nitrogen and oxygen atoms in total. The number of imidazole rings is 1. The van der Waals surface area contributed by atoms with E-state index in [9.17, 15) is 14.0 Å². The highest BCUT2D eigenvalue weighted by molar-refractivity contribution is 5.94. The Labute approximate surface area is 162 Å². The van der Waals surface area contributed by atoms with E-state index in [0.717, 1.165) is 11.0 Å². The molecule has 2 heterocycles. The molecular weight excluding hydrogens is 359 g/mol. The van der Waals surface area contributed by atoms with E-state index >= 15 is 0 Å². The van der Waals surface area contributed by atoms with Crippen molar-refractivity contribution < 1.29 is 14.0 Å². The number of fused-ring (bicyclic) bond motifs is 1. The van der Waals surface area contributed by atoms with Crippen LogP contribution in [0.5, 0.6) is 0 Å². The second-order valence-electron chi connectivity index (χ2n) is 6.94. The highest BCUT2D eigenvalue weighted by Crippen LogP contribution is 2.20. The second kappa shape index (κ2) is 7.42. The van der Waals surface area contributed by atoms with Crippen LogP contribution in [-0.4, -0.2) is 57.3 Å². The monoisotopic (exact) mass is 380 g/mol. The van der Waals surface area contributed by atoms with Gasteiger partial charge in [0.15, 0.2) is 0 Å². The normalized spacial score (nSPS) is 15.6. The number of piperazine rings is 1. The van der Waals surface area contributed by atoms with E-state index in [1.54, 1.807) is 16.1 Å². The predicted octanol–water partition coefficient (Wildman–Crippen LogP) is 2.72. The molecule has 1 saturated heterocycles. The SMILES string of the molecule is CC(C(=O)N1CCN(C(=O)c2ccc(F)cc2)CC1)n1cnc2ccccc21. The molecule has 1 unspecified atom stereocenters. The van der Waals surface area contributed by atoms with Crippen LogP contribution in [0.25, 0.3) is 11.0 Å². The van der Waals surface area contributed by atoms with Gasteiger partial charge in [-0.3, -0.25) is 9.59 Å². The number of para-hydroxylation sites is 2. The summed E-state index contributed by atoms with van der Waals surface area (Å²) in [7, 11) is 0. The average Bonchev–Trinajstić information content (AvgIpc) is 3.17. The van der Waals surface area contributed by atoms with Gasteiger partial charge in [0.25, 0.3) is 5.91 Å². The summed E-state index contributed by atoms with van der Waals surface area (Å²) < 4.78 is 14.9. The molecule has 3 aromatic rings. The second-order valence-corrected chi connectivity index (χ2v) is 6.94. The zero-order chi connectivity index (χ0) is 19.7. The van der Waals surface area contributed by atoms with E-state index in [4.69, 9.17) is 0 Å². The Bertz CT molecular complexity index is 1010. The fourth-order valence-electron chi connectivity index (χ4n) is 3.58. The van der Waals surface area contributed by atoms with Gasteiger partial charge >= 0.3 is 0 Å². The molecule has 0 spiro atoms. The summed E-state index contributed by atoms with van der Waals surface area (Å²) in [5.41, 5.74) is 2.24.